The van der Waals surface area contributed by atoms with Gasteiger partial charge < -0.3 is 10.6 Å². The summed E-state index contributed by atoms with van der Waals surface area (Å²) in [5.74, 6) is 2.40. The van der Waals surface area contributed by atoms with Crippen LogP contribution in [0.3, 0.4) is 0 Å². The van der Waals surface area contributed by atoms with Crippen molar-refractivity contribution in [3.63, 3.8) is 0 Å². The average Bonchev–Trinajstić information content (AvgIpc) is 2.58. The Morgan fingerprint density at radius 3 is 2.58 bits per heavy atom. The molecule has 3 unspecified atom stereocenters. The number of aromatic nitrogens is 2. The van der Waals surface area contributed by atoms with Gasteiger partial charge in [-0.15, -0.1) is 0 Å². The number of nitrogens with one attached hydrogen (secondary N) is 1. The van der Waals surface area contributed by atoms with E-state index in [0.29, 0.717) is 17.9 Å². The number of anilines is 1. The number of hydrogen-bond acceptors (Lipinski definition) is 3. The van der Waals surface area contributed by atoms with E-state index in [1.807, 2.05) is 18.7 Å². The summed E-state index contributed by atoms with van der Waals surface area (Å²) in [6, 6.07) is 0.448. The summed E-state index contributed by atoms with van der Waals surface area (Å²) in [4.78, 5) is 2.37. The van der Waals surface area contributed by atoms with Gasteiger partial charge in [-0.25, -0.2) is 0 Å². The zero-order valence-electron chi connectivity index (χ0n) is 12.6. The molecule has 0 bridgehead atoms. The normalized spacial score (nSPS) is 27.6. The van der Waals surface area contributed by atoms with Gasteiger partial charge in [0, 0.05) is 19.6 Å². The summed E-state index contributed by atoms with van der Waals surface area (Å²) in [6.45, 7) is 9.76. The number of hydrogen-bond donors (Lipinski definition) is 2. The maximum atomic E-state index is 7.81. The van der Waals surface area contributed by atoms with Gasteiger partial charge in [0.05, 0.1) is 11.3 Å². The van der Waals surface area contributed by atoms with Crippen LogP contribution in [0.25, 0.3) is 0 Å². The number of nitrogen functional groups attached to an aromatic ring is 1. The largest absolute Gasteiger partial charge is 0.384 e. The summed E-state index contributed by atoms with van der Waals surface area (Å²) in [7, 11) is 1.94. The topological polar surface area (TPSA) is 70.9 Å². The van der Waals surface area contributed by atoms with Crippen LogP contribution in [0.15, 0.2) is 0 Å². The molecule has 3 atom stereocenters. The van der Waals surface area contributed by atoms with Crippen molar-refractivity contribution in [2.75, 3.05) is 11.4 Å². The molecule has 0 amide bonds. The van der Waals surface area contributed by atoms with Crippen LogP contribution in [-0.2, 0) is 7.05 Å². The Morgan fingerprint density at radius 2 is 2.00 bits per heavy atom. The first kappa shape index (κ1) is 13.9. The molecule has 0 spiro atoms. The first-order chi connectivity index (χ1) is 8.82. The zero-order chi connectivity index (χ0) is 14.3. The van der Waals surface area contributed by atoms with Gasteiger partial charge in [0.2, 0.25) is 0 Å². The summed E-state index contributed by atoms with van der Waals surface area (Å²) in [5.41, 5.74) is 7.38. The molecule has 1 aliphatic rings. The molecule has 19 heavy (non-hydrogen) atoms. The van der Waals surface area contributed by atoms with Crippen LogP contribution in [0.5, 0.6) is 0 Å². The number of aryl methyl sites for hydroxylation is 2. The van der Waals surface area contributed by atoms with Gasteiger partial charge in [0.15, 0.2) is 0 Å². The molecule has 0 aliphatic carbocycles. The molecule has 2 rings (SSSR count). The third kappa shape index (κ3) is 2.33. The highest BCUT2D eigenvalue weighted by molar-refractivity contribution is 6.01. The van der Waals surface area contributed by atoms with E-state index < -0.39 is 0 Å². The Hall–Kier alpha value is -1.52. The fourth-order valence-electron chi connectivity index (χ4n) is 3.29. The van der Waals surface area contributed by atoms with E-state index in [4.69, 9.17) is 11.1 Å². The number of piperidine rings is 1. The molecule has 1 aromatic heterocycles. The number of nitrogens with two attached hydrogens (primary N) is 1. The van der Waals surface area contributed by atoms with E-state index in [1.54, 1.807) is 0 Å². The highest BCUT2D eigenvalue weighted by Gasteiger charge is 2.33. The van der Waals surface area contributed by atoms with Crippen LogP contribution in [0.2, 0.25) is 0 Å². The molecule has 0 radical (unpaired) electrons. The minimum absolute atomic E-state index is 0.110. The number of rotatable bonds is 2. The van der Waals surface area contributed by atoms with Crippen LogP contribution >= 0.6 is 0 Å². The van der Waals surface area contributed by atoms with Crippen molar-refractivity contribution in [3.8, 4) is 0 Å². The Morgan fingerprint density at radius 1 is 1.37 bits per heavy atom. The predicted molar refractivity (Wildman–Crippen MR) is 78.7 cm³/mol. The molecule has 0 saturated carbocycles. The standard InChI is InChI=1S/C14H25N5/c1-8-6-9(2)11(4)19(7-8)14-12(13(15)16)10(3)17-18(14)5/h8-9,11H,6-7H2,1-5H3,(H3,15,16). The Kier molecular flexibility index (Phi) is 3.56. The summed E-state index contributed by atoms with van der Waals surface area (Å²) in [6.07, 6.45) is 1.25. The molecule has 1 aliphatic heterocycles. The van der Waals surface area contributed by atoms with Gasteiger partial charge in [-0.3, -0.25) is 10.1 Å². The fourth-order valence-corrected chi connectivity index (χ4v) is 3.29. The van der Waals surface area contributed by atoms with E-state index in [9.17, 15) is 0 Å². The van der Waals surface area contributed by atoms with Gasteiger partial charge in [-0.05, 0) is 32.1 Å². The molecule has 106 valence electrons. The molecule has 1 saturated heterocycles. The zero-order valence-corrected chi connectivity index (χ0v) is 12.6. The van der Waals surface area contributed by atoms with Crippen molar-refractivity contribution >= 4 is 11.7 Å². The van der Waals surface area contributed by atoms with Crippen LogP contribution in [0.1, 0.15) is 38.4 Å². The molecular weight excluding hydrogens is 238 g/mol. The van der Waals surface area contributed by atoms with Crippen LogP contribution in [0.4, 0.5) is 5.82 Å². The van der Waals surface area contributed by atoms with Gasteiger partial charge in [0.25, 0.3) is 0 Å². The maximum absolute atomic E-state index is 7.81. The maximum Gasteiger partial charge on any atom is 0.138 e. The van der Waals surface area contributed by atoms with Crippen LogP contribution in [0, 0.1) is 24.2 Å². The van der Waals surface area contributed by atoms with E-state index in [-0.39, 0.29) is 5.84 Å². The Labute approximate surface area is 115 Å². The Bertz CT molecular complexity index is 490. The first-order valence-corrected chi connectivity index (χ1v) is 6.97. The lowest BCUT2D eigenvalue weighted by Crippen LogP contribution is -2.47. The summed E-state index contributed by atoms with van der Waals surface area (Å²) >= 11 is 0. The van der Waals surface area contributed by atoms with Gasteiger partial charge in [-0.1, -0.05) is 13.8 Å². The lowest BCUT2D eigenvalue weighted by Gasteiger charge is -2.42. The lowest BCUT2D eigenvalue weighted by atomic mass is 9.86. The first-order valence-electron chi connectivity index (χ1n) is 6.97. The van der Waals surface area contributed by atoms with E-state index >= 15 is 0 Å². The smallest absolute Gasteiger partial charge is 0.138 e. The molecule has 0 aromatic carbocycles. The Balaban J connectivity index is 2.48. The van der Waals surface area contributed by atoms with Crippen LogP contribution in [-0.4, -0.2) is 28.2 Å². The SMILES string of the molecule is Cc1nn(C)c(N2CC(C)CC(C)C2C)c1C(=N)N. The van der Waals surface area contributed by atoms with Crippen molar-refractivity contribution in [2.24, 2.45) is 24.6 Å². The van der Waals surface area contributed by atoms with Crippen molar-refractivity contribution in [1.29, 1.82) is 5.41 Å². The summed E-state index contributed by atoms with van der Waals surface area (Å²) < 4.78 is 1.87. The molecule has 2 heterocycles. The predicted octanol–water partition coefficient (Wildman–Crippen LogP) is 1.88. The molecule has 5 heteroatoms. The van der Waals surface area contributed by atoms with Crippen molar-refractivity contribution in [2.45, 2.75) is 40.2 Å². The van der Waals surface area contributed by atoms with Gasteiger partial charge >= 0.3 is 0 Å². The number of nitrogens with zero attached hydrogens (tertiary/aromatic N) is 3. The van der Waals surface area contributed by atoms with Crippen LogP contribution < -0.4 is 10.6 Å². The third-order valence-electron chi connectivity index (χ3n) is 4.33. The third-order valence-corrected chi connectivity index (χ3v) is 4.33. The number of amidine groups is 1. The molecule has 1 aromatic rings. The van der Waals surface area contributed by atoms with Crippen molar-refractivity contribution in [3.05, 3.63) is 11.3 Å². The summed E-state index contributed by atoms with van der Waals surface area (Å²) in [5, 5.41) is 12.3. The lowest BCUT2D eigenvalue weighted by molar-refractivity contribution is 0.293. The molecular formula is C14H25N5. The van der Waals surface area contributed by atoms with E-state index in [1.165, 1.54) is 6.42 Å². The second kappa shape index (κ2) is 4.87. The van der Waals surface area contributed by atoms with E-state index in [2.05, 4.69) is 30.8 Å². The van der Waals surface area contributed by atoms with Gasteiger partial charge in [-0.2, -0.15) is 5.10 Å². The molecule has 5 nitrogen and oxygen atoms in total. The molecule has 3 N–H and O–H groups in total. The van der Waals surface area contributed by atoms with Gasteiger partial charge in [0.1, 0.15) is 11.7 Å². The minimum Gasteiger partial charge on any atom is -0.384 e. The van der Waals surface area contributed by atoms with Crippen molar-refractivity contribution < 1.29 is 0 Å². The average molecular weight is 263 g/mol. The quantitative estimate of drug-likeness (QED) is 0.632. The minimum atomic E-state index is 0.110. The second-order valence-corrected chi connectivity index (χ2v) is 6.03. The highest BCUT2D eigenvalue weighted by atomic mass is 15.4. The van der Waals surface area contributed by atoms with E-state index in [0.717, 1.165) is 23.6 Å². The molecule has 1 fully saturated rings. The highest BCUT2D eigenvalue weighted by Crippen LogP contribution is 2.33. The fraction of sp³-hybridized carbons (Fsp3) is 0.714. The monoisotopic (exact) mass is 263 g/mol. The second-order valence-electron chi connectivity index (χ2n) is 6.03. The van der Waals surface area contributed by atoms with Crippen molar-refractivity contribution in [1.82, 2.24) is 9.78 Å².